The average molecular weight is 310 g/mol. The van der Waals surface area contributed by atoms with Crippen LogP contribution in [0.1, 0.15) is 17.5 Å². The number of rotatable bonds is 4. The van der Waals surface area contributed by atoms with E-state index < -0.39 is 0 Å². The lowest BCUT2D eigenvalue weighted by molar-refractivity contribution is 0.374. The molecule has 1 aliphatic heterocycles. The van der Waals surface area contributed by atoms with E-state index in [1.165, 1.54) is 16.8 Å². The lowest BCUT2D eigenvalue weighted by Crippen LogP contribution is -2.47. The summed E-state index contributed by atoms with van der Waals surface area (Å²) in [4.78, 5) is 2.43. The fraction of sp³-hybridized carbons (Fsp3) is 0.400. The van der Waals surface area contributed by atoms with E-state index in [1.54, 1.807) is 7.11 Å². The van der Waals surface area contributed by atoms with Crippen LogP contribution in [0.3, 0.4) is 0 Å². The number of ether oxygens (including phenoxy) is 1. The number of nitrogens with zero attached hydrogens (tertiary/aromatic N) is 1. The highest BCUT2D eigenvalue weighted by Crippen LogP contribution is 2.26. The molecule has 1 fully saturated rings. The van der Waals surface area contributed by atoms with Gasteiger partial charge >= 0.3 is 0 Å². The zero-order valence-electron chi connectivity index (χ0n) is 14.0. The van der Waals surface area contributed by atoms with Gasteiger partial charge in [-0.2, -0.15) is 0 Å². The summed E-state index contributed by atoms with van der Waals surface area (Å²) in [6, 6.07) is 17.4. The molecule has 0 radical (unpaired) electrons. The third kappa shape index (κ3) is 4.05. The SMILES string of the molecule is COc1ccc(CC2CC(N)CN(c3ccc(C)cc3)C2)cc1. The molecule has 2 aromatic rings. The Morgan fingerprint density at radius 2 is 1.74 bits per heavy atom. The fourth-order valence-electron chi connectivity index (χ4n) is 3.46. The second kappa shape index (κ2) is 7.05. The van der Waals surface area contributed by atoms with Crippen molar-refractivity contribution in [3.63, 3.8) is 0 Å². The van der Waals surface area contributed by atoms with E-state index in [4.69, 9.17) is 10.5 Å². The summed E-state index contributed by atoms with van der Waals surface area (Å²) in [5, 5.41) is 0. The number of piperidine rings is 1. The van der Waals surface area contributed by atoms with Gasteiger partial charge in [0.05, 0.1) is 7.11 Å². The number of methoxy groups -OCH3 is 1. The van der Waals surface area contributed by atoms with Crippen LogP contribution in [0.5, 0.6) is 5.75 Å². The summed E-state index contributed by atoms with van der Waals surface area (Å²) < 4.78 is 5.23. The second-order valence-corrected chi connectivity index (χ2v) is 6.65. The standard InChI is InChI=1S/C20H26N2O/c1-15-3-7-19(8-4-15)22-13-17(12-18(21)14-22)11-16-5-9-20(23-2)10-6-16/h3-10,17-18H,11-14,21H2,1-2H3. The van der Waals surface area contributed by atoms with Crippen molar-refractivity contribution in [2.24, 2.45) is 11.7 Å². The largest absolute Gasteiger partial charge is 0.497 e. The van der Waals surface area contributed by atoms with Crippen LogP contribution in [-0.2, 0) is 6.42 Å². The molecule has 0 amide bonds. The van der Waals surface area contributed by atoms with Gasteiger partial charge in [0.2, 0.25) is 0 Å². The molecule has 2 aromatic carbocycles. The summed E-state index contributed by atoms with van der Waals surface area (Å²) in [5.41, 5.74) is 10.3. The summed E-state index contributed by atoms with van der Waals surface area (Å²) >= 11 is 0. The molecule has 1 heterocycles. The predicted octanol–water partition coefficient (Wildman–Crippen LogP) is 3.40. The molecule has 2 atom stereocenters. The van der Waals surface area contributed by atoms with Gasteiger partial charge in [-0.15, -0.1) is 0 Å². The van der Waals surface area contributed by atoms with Gasteiger partial charge in [-0.05, 0) is 55.5 Å². The van der Waals surface area contributed by atoms with E-state index in [2.05, 4.69) is 48.2 Å². The van der Waals surface area contributed by atoms with Crippen LogP contribution >= 0.6 is 0 Å². The Balaban J connectivity index is 1.68. The maximum atomic E-state index is 6.32. The minimum atomic E-state index is 0.244. The smallest absolute Gasteiger partial charge is 0.118 e. The first kappa shape index (κ1) is 15.9. The number of anilines is 1. The monoisotopic (exact) mass is 310 g/mol. The highest BCUT2D eigenvalue weighted by atomic mass is 16.5. The molecule has 3 rings (SSSR count). The summed E-state index contributed by atoms with van der Waals surface area (Å²) in [5.74, 6) is 1.50. The molecule has 0 saturated carbocycles. The van der Waals surface area contributed by atoms with Crippen molar-refractivity contribution in [1.29, 1.82) is 0 Å². The quantitative estimate of drug-likeness (QED) is 0.940. The molecule has 122 valence electrons. The van der Waals surface area contributed by atoms with Gasteiger partial charge in [0.1, 0.15) is 5.75 Å². The average Bonchev–Trinajstić information content (AvgIpc) is 2.56. The molecule has 1 saturated heterocycles. The van der Waals surface area contributed by atoms with Crippen molar-refractivity contribution in [1.82, 2.24) is 0 Å². The van der Waals surface area contributed by atoms with Gasteiger partial charge in [0.25, 0.3) is 0 Å². The number of aryl methyl sites for hydroxylation is 1. The Morgan fingerprint density at radius 3 is 2.39 bits per heavy atom. The first-order valence-corrected chi connectivity index (χ1v) is 8.34. The maximum absolute atomic E-state index is 6.32. The molecule has 23 heavy (non-hydrogen) atoms. The van der Waals surface area contributed by atoms with Crippen LogP contribution in [0.15, 0.2) is 48.5 Å². The van der Waals surface area contributed by atoms with Crippen molar-refractivity contribution in [2.75, 3.05) is 25.1 Å². The third-order valence-electron chi connectivity index (χ3n) is 4.65. The Hall–Kier alpha value is -2.00. The Labute approximate surface area is 139 Å². The lowest BCUT2D eigenvalue weighted by atomic mass is 9.88. The van der Waals surface area contributed by atoms with Crippen molar-refractivity contribution >= 4 is 5.69 Å². The number of hydrogen-bond acceptors (Lipinski definition) is 3. The maximum Gasteiger partial charge on any atom is 0.118 e. The first-order chi connectivity index (χ1) is 11.1. The van der Waals surface area contributed by atoms with Gasteiger partial charge in [-0.1, -0.05) is 29.8 Å². The number of benzene rings is 2. The summed E-state index contributed by atoms with van der Waals surface area (Å²) in [7, 11) is 1.70. The van der Waals surface area contributed by atoms with Crippen molar-refractivity contribution in [3.8, 4) is 5.75 Å². The highest BCUT2D eigenvalue weighted by molar-refractivity contribution is 5.48. The number of hydrogen-bond donors (Lipinski definition) is 1. The van der Waals surface area contributed by atoms with Crippen molar-refractivity contribution in [2.45, 2.75) is 25.8 Å². The molecule has 1 aliphatic rings. The molecule has 0 aliphatic carbocycles. The first-order valence-electron chi connectivity index (χ1n) is 8.34. The molecule has 2 N–H and O–H groups in total. The molecule has 3 heteroatoms. The van der Waals surface area contributed by atoms with E-state index in [0.717, 1.165) is 31.7 Å². The van der Waals surface area contributed by atoms with Crippen LogP contribution in [0.25, 0.3) is 0 Å². The summed E-state index contributed by atoms with van der Waals surface area (Å²) in [6.07, 6.45) is 2.16. The predicted molar refractivity (Wildman–Crippen MR) is 96.2 cm³/mol. The van der Waals surface area contributed by atoms with Gasteiger partial charge in [-0.25, -0.2) is 0 Å². The highest BCUT2D eigenvalue weighted by Gasteiger charge is 2.25. The van der Waals surface area contributed by atoms with Crippen molar-refractivity contribution in [3.05, 3.63) is 59.7 Å². The van der Waals surface area contributed by atoms with Crippen LogP contribution < -0.4 is 15.4 Å². The minimum absolute atomic E-state index is 0.244. The fourth-order valence-corrected chi connectivity index (χ4v) is 3.46. The van der Waals surface area contributed by atoms with E-state index in [0.29, 0.717) is 5.92 Å². The van der Waals surface area contributed by atoms with Crippen LogP contribution in [0, 0.1) is 12.8 Å². The molecule has 0 spiro atoms. The third-order valence-corrected chi connectivity index (χ3v) is 4.65. The van der Waals surface area contributed by atoms with E-state index in [-0.39, 0.29) is 6.04 Å². The van der Waals surface area contributed by atoms with E-state index in [9.17, 15) is 0 Å². The van der Waals surface area contributed by atoms with Gasteiger partial charge < -0.3 is 15.4 Å². The Bertz CT molecular complexity index is 621. The normalized spacial score (nSPS) is 21.3. The van der Waals surface area contributed by atoms with E-state index in [1.807, 2.05) is 12.1 Å². The zero-order valence-corrected chi connectivity index (χ0v) is 14.0. The minimum Gasteiger partial charge on any atom is -0.497 e. The molecule has 3 nitrogen and oxygen atoms in total. The summed E-state index contributed by atoms with van der Waals surface area (Å²) in [6.45, 7) is 4.14. The van der Waals surface area contributed by atoms with Gasteiger partial charge in [0.15, 0.2) is 0 Å². The Kier molecular flexibility index (Phi) is 4.87. The topological polar surface area (TPSA) is 38.5 Å². The van der Waals surface area contributed by atoms with Gasteiger partial charge in [0, 0.05) is 24.8 Å². The Morgan fingerprint density at radius 1 is 1.04 bits per heavy atom. The van der Waals surface area contributed by atoms with E-state index >= 15 is 0 Å². The van der Waals surface area contributed by atoms with Crippen LogP contribution in [0.4, 0.5) is 5.69 Å². The number of nitrogens with two attached hydrogens (primary N) is 1. The zero-order chi connectivity index (χ0) is 16.2. The molecular formula is C20H26N2O. The molecule has 0 aromatic heterocycles. The van der Waals surface area contributed by atoms with Crippen LogP contribution in [-0.4, -0.2) is 26.2 Å². The lowest BCUT2D eigenvalue weighted by Gasteiger charge is -2.38. The van der Waals surface area contributed by atoms with Crippen LogP contribution in [0.2, 0.25) is 0 Å². The molecule has 0 bridgehead atoms. The van der Waals surface area contributed by atoms with Crippen molar-refractivity contribution < 1.29 is 4.74 Å². The molecular weight excluding hydrogens is 284 g/mol. The molecule has 2 unspecified atom stereocenters. The van der Waals surface area contributed by atoms with Gasteiger partial charge in [-0.3, -0.25) is 0 Å². The second-order valence-electron chi connectivity index (χ2n) is 6.65.